The van der Waals surface area contributed by atoms with Crippen molar-refractivity contribution >= 4 is 43.3 Å². The average molecular weight is 405 g/mol. The van der Waals surface area contributed by atoms with E-state index < -0.39 is 26.2 Å². The van der Waals surface area contributed by atoms with Crippen molar-refractivity contribution in [1.82, 2.24) is 10.3 Å². The molecule has 0 aromatic carbocycles. The van der Waals surface area contributed by atoms with Gasteiger partial charge < -0.3 is 5.32 Å². The second-order valence-electron chi connectivity index (χ2n) is 5.09. The minimum Gasteiger partial charge on any atom is -0.348 e. The smallest absolute Gasteiger partial charge is 0.287 e. The highest BCUT2D eigenvalue weighted by atomic mass is 33.1. The van der Waals surface area contributed by atoms with E-state index in [2.05, 4.69) is 10.3 Å². The number of pyridine rings is 1. The van der Waals surface area contributed by atoms with Gasteiger partial charge in [-0.3, -0.25) is 19.5 Å². The zero-order valence-electron chi connectivity index (χ0n) is 12.8. The summed E-state index contributed by atoms with van der Waals surface area (Å²) < 4.78 is 32.1. The van der Waals surface area contributed by atoms with Gasteiger partial charge in [0.05, 0.1) is 11.0 Å². The first-order valence-corrected chi connectivity index (χ1v) is 10.9. The van der Waals surface area contributed by atoms with Gasteiger partial charge in [0.1, 0.15) is 11.2 Å². The Kier molecular flexibility index (Phi) is 6.81. The first-order chi connectivity index (χ1) is 11.8. The van der Waals surface area contributed by atoms with E-state index in [0.717, 1.165) is 6.20 Å². The molecule has 2 N–H and O–H groups in total. The third-order valence-electron chi connectivity index (χ3n) is 3.28. The number of nitro groups is 1. The molecule has 0 radical (unpaired) electrons. The van der Waals surface area contributed by atoms with E-state index in [-0.39, 0.29) is 23.9 Å². The quantitative estimate of drug-likeness (QED) is 0.157. The third kappa shape index (κ3) is 5.99. The van der Waals surface area contributed by atoms with Crippen molar-refractivity contribution in [2.24, 2.45) is 0 Å². The van der Waals surface area contributed by atoms with Gasteiger partial charge in [0.25, 0.3) is 15.8 Å². The minimum absolute atomic E-state index is 0.0637. The van der Waals surface area contributed by atoms with Crippen molar-refractivity contribution in [2.45, 2.75) is 29.2 Å². The summed E-state index contributed by atoms with van der Waals surface area (Å²) in [6.45, 7) is 0. The summed E-state index contributed by atoms with van der Waals surface area (Å²) in [7, 11) is -2.07. The van der Waals surface area contributed by atoms with E-state index in [1.807, 2.05) is 6.08 Å². The Balaban J connectivity index is 1.82. The number of nitrogens with one attached hydrogen (secondary N) is 1. The normalized spacial score (nSPS) is 17.6. The first-order valence-electron chi connectivity index (χ1n) is 7.10. The van der Waals surface area contributed by atoms with Gasteiger partial charge in [0, 0.05) is 11.8 Å². The van der Waals surface area contributed by atoms with Crippen LogP contribution in [0.25, 0.3) is 0 Å². The Labute approximate surface area is 152 Å². The van der Waals surface area contributed by atoms with Crippen LogP contribution in [-0.4, -0.2) is 45.8 Å². The molecule has 9 nitrogen and oxygen atoms in total. The lowest BCUT2D eigenvalue weighted by molar-refractivity contribution is -0.385. The molecule has 12 heteroatoms. The number of carbonyl (C=O) groups is 1. The molecule has 0 fully saturated rings. The topological polar surface area (TPSA) is 139 Å². The number of hydrogen-bond acceptors (Lipinski definition) is 8. The van der Waals surface area contributed by atoms with Crippen molar-refractivity contribution < 1.29 is 22.7 Å². The monoisotopic (exact) mass is 405 g/mol. The van der Waals surface area contributed by atoms with Gasteiger partial charge in [0.2, 0.25) is 5.91 Å². The molecule has 1 aromatic rings. The number of hydrogen-bond donors (Lipinski definition) is 2. The highest BCUT2D eigenvalue weighted by molar-refractivity contribution is 8.76. The van der Waals surface area contributed by atoms with Crippen LogP contribution in [-0.2, 0) is 14.9 Å². The van der Waals surface area contributed by atoms with Crippen LogP contribution in [0.5, 0.6) is 0 Å². The molecule has 1 heterocycles. The molecule has 2 rings (SSSR count). The maximum absolute atomic E-state index is 12.0. The molecule has 1 amide bonds. The largest absolute Gasteiger partial charge is 0.348 e. The Hall–Kier alpha value is -1.63. The summed E-state index contributed by atoms with van der Waals surface area (Å²) >= 11 is 0. The van der Waals surface area contributed by atoms with Gasteiger partial charge in [-0.25, -0.2) is 4.98 Å². The lowest BCUT2D eigenvalue weighted by atomic mass is 10.0. The second kappa shape index (κ2) is 8.65. The SMILES string of the molecule is O=C(NC1C=CC1)C(CCSSc1ccc([N+](=O)[O-])cn1)S(=O)(=O)O. The molecule has 0 saturated carbocycles. The zero-order chi connectivity index (χ0) is 18.4. The first kappa shape index (κ1) is 19.7. The third-order valence-corrected chi connectivity index (χ3v) is 6.74. The zero-order valence-corrected chi connectivity index (χ0v) is 15.2. The highest BCUT2D eigenvalue weighted by Gasteiger charge is 2.32. The van der Waals surface area contributed by atoms with E-state index in [1.165, 1.54) is 33.7 Å². The van der Waals surface area contributed by atoms with Crippen LogP contribution in [0.4, 0.5) is 5.69 Å². The van der Waals surface area contributed by atoms with Gasteiger partial charge in [-0.05, 0) is 29.7 Å². The van der Waals surface area contributed by atoms with Crippen LogP contribution in [0.15, 0.2) is 35.5 Å². The predicted molar refractivity (Wildman–Crippen MR) is 94.8 cm³/mol. The Morgan fingerprint density at radius 2 is 2.24 bits per heavy atom. The summed E-state index contributed by atoms with van der Waals surface area (Å²) in [4.78, 5) is 25.9. The fourth-order valence-electron chi connectivity index (χ4n) is 1.86. The van der Waals surface area contributed by atoms with Gasteiger partial charge >= 0.3 is 0 Å². The lowest BCUT2D eigenvalue weighted by Crippen LogP contribution is -2.45. The molecule has 1 aliphatic carbocycles. The molecular formula is C13H15N3O6S3. The molecule has 1 aliphatic rings. The number of nitrogens with zero attached hydrogens (tertiary/aromatic N) is 2. The molecule has 25 heavy (non-hydrogen) atoms. The molecule has 1 aromatic heterocycles. The number of amides is 1. The van der Waals surface area contributed by atoms with E-state index >= 15 is 0 Å². The standard InChI is InChI=1S/C13H15N3O6S3/c17-13(15-9-2-1-3-9)11(25(20,21)22)6-7-23-24-12-5-4-10(8-14-12)16(18)19/h1-2,4-5,8-9,11H,3,6-7H2,(H,15,17)(H,20,21,22). The molecular weight excluding hydrogens is 390 g/mol. The van der Waals surface area contributed by atoms with Gasteiger partial charge in [-0.1, -0.05) is 22.9 Å². The van der Waals surface area contributed by atoms with Crippen LogP contribution >= 0.6 is 21.6 Å². The molecule has 136 valence electrons. The van der Waals surface area contributed by atoms with Gasteiger partial charge in [0.15, 0.2) is 5.25 Å². The minimum atomic E-state index is -4.50. The predicted octanol–water partition coefficient (Wildman–Crippen LogP) is 1.82. The summed E-state index contributed by atoms with van der Waals surface area (Å²) in [5.41, 5.74) is -0.123. The van der Waals surface area contributed by atoms with Crippen LogP contribution in [0, 0.1) is 10.1 Å². The Morgan fingerprint density at radius 3 is 2.72 bits per heavy atom. The summed E-state index contributed by atoms with van der Waals surface area (Å²) in [5.74, 6) is -0.460. The van der Waals surface area contributed by atoms with E-state index in [4.69, 9.17) is 0 Å². The fraction of sp³-hybridized carbons (Fsp3) is 0.385. The van der Waals surface area contributed by atoms with Crippen molar-refractivity contribution in [1.29, 1.82) is 0 Å². The summed E-state index contributed by atoms with van der Waals surface area (Å²) in [5, 5.41) is 12.1. The van der Waals surface area contributed by atoms with Crippen LogP contribution in [0.3, 0.4) is 0 Å². The number of aromatic nitrogens is 1. The highest BCUT2D eigenvalue weighted by Crippen LogP contribution is 2.31. The number of rotatable bonds is 9. The number of carbonyl (C=O) groups excluding carboxylic acids is 1. The lowest BCUT2D eigenvalue weighted by Gasteiger charge is -2.22. The molecule has 2 unspecified atom stereocenters. The second-order valence-corrected chi connectivity index (χ2v) is 9.12. The van der Waals surface area contributed by atoms with Gasteiger partial charge in [-0.2, -0.15) is 8.42 Å². The summed E-state index contributed by atoms with van der Waals surface area (Å²) in [6.07, 6.45) is 5.29. The van der Waals surface area contributed by atoms with E-state index in [0.29, 0.717) is 11.4 Å². The molecule has 0 aliphatic heterocycles. The van der Waals surface area contributed by atoms with Crippen LogP contribution in [0.1, 0.15) is 12.8 Å². The van der Waals surface area contributed by atoms with E-state index in [1.54, 1.807) is 6.08 Å². The molecule has 0 bridgehead atoms. The van der Waals surface area contributed by atoms with E-state index in [9.17, 15) is 27.9 Å². The van der Waals surface area contributed by atoms with Crippen molar-refractivity contribution in [3.05, 3.63) is 40.6 Å². The van der Waals surface area contributed by atoms with Gasteiger partial charge in [-0.15, -0.1) is 0 Å². The van der Waals surface area contributed by atoms with Crippen molar-refractivity contribution in [2.75, 3.05) is 5.75 Å². The molecule has 2 atom stereocenters. The Morgan fingerprint density at radius 1 is 1.52 bits per heavy atom. The van der Waals surface area contributed by atoms with Crippen LogP contribution < -0.4 is 5.32 Å². The van der Waals surface area contributed by atoms with Crippen molar-refractivity contribution in [3.8, 4) is 0 Å². The average Bonchev–Trinajstić information content (AvgIpc) is 2.49. The maximum atomic E-state index is 12.0. The van der Waals surface area contributed by atoms with Crippen molar-refractivity contribution in [3.63, 3.8) is 0 Å². The molecule has 0 spiro atoms. The maximum Gasteiger partial charge on any atom is 0.287 e. The fourth-order valence-corrected chi connectivity index (χ4v) is 4.71. The van der Waals surface area contributed by atoms with Crippen LogP contribution in [0.2, 0.25) is 0 Å². The summed E-state index contributed by atoms with van der Waals surface area (Å²) in [6, 6.07) is 2.60. The molecule has 0 saturated heterocycles. The Bertz CT molecular complexity index is 766.